The minimum Gasteiger partial charge on any atom is -0.395 e. The molecule has 3 atom stereocenters. The van der Waals surface area contributed by atoms with Crippen molar-refractivity contribution >= 4 is 33.0 Å². The molecule has 24 heavy (non-hydrogen) atoms. The van der Waals surface area contributed by atoms with Crippen LogP contribution >= 0.6 is 23.2 Å². The maximum Gasteiger partial charge on any atom is 0.183 e. The van der Waals surface area contributed by atoms with Gasteiger partial charge in [-0.15, -0.1) is 0 Å². The van der Waals surface area contributed by atoms with Gasteiger partial charge in [-0.05, 0) is 42.0 Å². The molecule has 1 saturated carbocycles. The Morgan fingerprint density at radius 1 is 1.12 bits per heavy atom. The largest absolute Gasteiger partial charge is 0.395 e. The molecule has 0 amide bonds. The molecule has 7 heteroatoms. The van der Waals surface area contributed by atoms with Crippen molar-refractivity contribution in [3.63, 3.8) is 0 Å². The van der Waals surface area contributed by atoms with Gasteiger partial charge in [0.1, 0.15) is 5.41 Å². The average molecular weight is 382 g/mol. The fraction of sp³-hybridized carbons (Fsp3) is 0.235. The molecule has 1 fully saturated rings. The minimum atomic E-state index is -3.81. The van der Waals surface area contributed by atoms with Gasteiger partial charge in [0.2, 0.25) is 0 Å². The molecule has 4 nitrogen and oxygen atoms in total. The van der Waals surface area contributed by atoms with Crippen LogP contribution in [-0.4, -0.2) is 25.4 Å². The topological polar surface area (TPSA) is 78.2 Å². The molecule has 1 N–H and O–H groups in total. The number of aliphatic hydroxyl groups excluding tert-OH is 1. The fourth-order valence-electron chi connectivity index (χ4n) is 3.16. The molecule has 0 heterocycles. The zero-order chi connectivity index (χ0) is 17.5. The summed E-state index contributed by atoms with van der Waals surface area (Å²) in [6, 6.07) is 14.5. The number of halogens is 2. The van der Waals surface area contributed by atoms with Crippen LogP contribution in [0.1, 0.15) is 11.5 Å². The van der Waals surface area contributed by atoms with Crippen LogP contribution in [0.4, 0.5) is 0 Å². The Kier molecular flexibility index (Phi) is 4.35. The van der Waals surface area contributed by atoms with E-state index in [0.717, 1.165) is 0 Å². The Labute approximate surface area is 150 Å². The predicted octanol–water partition coefficient (Wildman–Crippen LogP) is 3.44. The first-order valence-electron chi connectivity index (χ1n) is 7.14. The molecular formula is C17H13Cl2NO3S. The first-order chi connectivity index (χ1) is 11.4. The monoisotopic (exact) mass is 381 g/mol. The Bertz CT molecular complexity index is 922. The second kappa shape index (κ2) is 6.05. The molecule has 3 rings (SSSR count). The van der Waals surface area contributed by atoms with Crippen molar-refractivity contribution < 1.29 is 13.5 Å². The number of benzene rings is 2. The van der Waals surface area contributed by atoms with E-state index in [1.54, 1.807) is 24.3 Å². The summed E-state index contributed by atoms with van der Waals surface area (Å²) in [6.45, 7) is -0.543. The highest BCUT2D eigenvalue weighted by Gasteiger charge is 2.72. The molecule has 124 valence electrons. The quantitative estimate of drug-likeness (QED) is 0.879. The third kappa shape index (κ3) is 2.60. The van der Waals surface area contributed by atoms with Crippen molar-refractivity contribution in [1.82, 2.24) is 0 Å². The second-order valence-electron chi connectivity index (χ2n) is 5.76. The molecule has 0 saturated heterocycles. The maximum atomic E-state index is 13.0. The van der Waals surface area contributed by atoms with Crippen LogP contribution in [-0.2, 0) is 9.84 Å². The summed E-state index contributed by atoms with van der Waals surface area (Å²) >= 11 is 11.8. The van der Waals surface area contributed by atoms with Gasteiger partial charge in [0.05, 0.1) is 22.8 Å². The average Bonchev–Trinajstić information content (AvgIpc) is 3.26. The van der Waals surface area contributed by atoms with Crippen molar-refractivity contribution in [2.24, 2.45) is 5.41 Å². The summed E-state index contributed by atoms with van der Waals surface area (Å²) in [5.74, 6) is -0.633. The van der Waals surface area contributed by atoms with Crippen LogP contribution in [0.15, 0.2) is 53.4 Å². The van der Waals surface area contributed by atoms with E-state index in [0.29, 0.717) is 15.6 Å². The van der Waals surface area contributed by atoms with Gasteiger partial charge in [0, 0.05) is 16.0 Å². The van der Waals surface area contributed by atoms with Crippen LogP contribution in [0, 0.1) is 16.7 Å². The number of hydrogen-bond acceptors (Lipinski definition) is 4. The van der Waals surface area contributed by atoms with Gasteiger partial charge in [-0.2, -0.15) is 5.26 Å². The van der Waals surface area contributed by atoms with Crippen molar-refractivity contribution in [2.45, 2.75) is 16.1 Å². The number of hydrogen-bond donors (Lipinski definition) is 1. The lowest BCUT2D eigenvalue weighted by Gasteiger charge is -2.06. The van der Waals surface area contributed by atoms with Gasteiger partial charge < -0.3 is 5.11 Å². The zero-order valence-electron chi connectivity index (χ0n) is 12.4. The molecule has 2 aromatic rings. The van der Waals surface area contributed by atoms with E-state index >= 15 is 0 Å². The van der Waals surface area contributed by atoms with Crippen molar-refractivity contribution in [1.29, 1.82) is 5.26 Å². The summed E-state index contributed by atoms with van der Waals surface area (Å²) in [5.41, 5.74) is -0.746. The molecule has 1 aliphatic rings. The summed E-state index contributed by atoms with van der Waals surface area (Å²) in [6.07, 6.45) is 0. The Hall–Kier alpha value is -1.58. The van der Waals surface area contributed by atoms with Crippen LogP contribution in [0.5, 0.6) is 0 Å². The van der Waals surface area contributed by atoms with Gasteiger partial charge in [-0.1, -0.05) is 35.3 Å². The number of nitrogens with zero attached hydrogens (tertiary/aromatic N) is 1. The van der Waals surface area contributed by atoms with E-state index in [4.69, 9.17) is 23.2 Å². The van der Waals surface area contributed by atoms with Gasteiger partial charge >= 0.3 is 0 Å². The summed E-state index contributed by atoms with van der Waals surface area (Å²) in [5, 5.41) is 19.1. The van der Waals surface area contributed by atoms with E-state index in [-0.39, 0.29) is 4.90 Å². The van der Waals surface area contributed by atoms with Gasteiger partial charge in [0.25, 0.3) is 0 Å². The smallest absolute Gasteiger partial charge is 0.183 e. The molecule has 0 radical (unpaired) electrons. The van der Waals surface area contributed by atoms with Gasteiger partial charge in [-0.3, -0.25) is 0 Å². The van der Waals surface area contributed by atoms with Crippen LogP contribution < -0.4 is 0 Å². The van der Waals surface area contributed by atoms with Crippen LogP contribution in [0.2, 0.25) is 10.0 Å². The highest BCUT2D eigenvalue weighted by atomic mass is 35.5. The van der Waals surface area contributed by atoms with Crippen LogP contribution in [0.3, 0.4) is 0 Å². The third-order valence-corrected chi connectivity index (χ3v) is 7.19. The number of rotatable bonds is 4. The van der Waals surface area contributed by atoms with E-state index in [1.165, 1.54) is 24.3 Å². The zero-order valence-corrected chi connectivity index (χ0v) is 14.7. The Balaban J connectivity index is 2.08. The summed E-state index contributed by atoms with van der Waals surface area (Å²) in [4.78, 5) is 0.0782. The SMILES string of the molecule is N#C[C@]1(CO)[C@H](c2cccc(Cl)c2)[C@@H]1S(=O)(=O)c1ccc(Cl)cc1. The molecule has 0 aromatic heterocycles. The van der Waals surface area contributed by atoms with Crippen molar-refractivity contribution in [2.75, 3.05) is 6.61 Å². The number of aliphatic hydroxyl groups is 1. The summed E-state index contributed by atoms with van der Waals surface area (Å²) in [7, 11) is -3.81. The fourth-order valence-corrected chi connectivity index (χ4v) is 5.80. The molecular weight excluding hydrogens is 369 g/mol. The molecule has 0 bridgehead atoms. The Morgan fingerprint density at radius 2 is 1.79 bits per heavy atom. The lowest BCUT2D eigenvalue weighted by Crippen LogP contribution is -2.18. The van der Waals surface area contributed by atoms with E-state index in [2.05, 4.69) is 0 Å². The standard InChI is InChI=1S/C17H13Cl2NO3S/c18-12-4-6-14(7-5-12)24(22,23)16-15(17(16,9-20)10-21)11-2-1-3-13(19)8-11/h1-8,15-16,21H,10H2/t15-,16+,17+/m1/s1. The van der Waals surface area contributed by atoms with Crippen molar-refractivity contribution in [3.8, 4) is 6.07 Å². The molecule has 1 aliphatic carbocycles. The number of sulfone groups is 1. The van der Waals surface area contributed by atoms with E-state index < -0.39 is 33.0 Å². The van der Waals surface area contributed by atoms with E-state index in [1.807, 2.05) is 6.07 Å². The highest BCUT2D eigenvalue weighted by Crippen LogP contribution is 2.63. The first kappa shape index (κ1) is 17.2. The highest BCUT2D eigenvalue weighted by molar-refractivity contribution is 7.92. The first-order valence-corrected chi connectivity index (χ1v) is 9.44. The molecule has 0 unspecified atom stereocenters. The lowest BCUT2D eigenvalue weighted by atomic mass is 10.0. The van der Waals surface area contributed by atoms with Gasteiger partial charge in [-0.25, -0.2) is 8.42 Å². The van der Waals surface area contributed by atoms with E-state index in [9.17, 15) is 18.8 Å². The summed E-state index contributed by atoms with van der Waals surface area (Å²) < 4.78 is 25.9. The van der Waals surface area contributed by atoms with Gasteiger partial charge in [0.15, 0.2) is 9.84 Å². The molecule has 0 aliphatic heterocycles. The second-order valence-corrected chi connectivity index (χ2v) is 8.70. The third-order valence-electron chi connectivity index (χ3n) is 4.41. The maximum absolute atomic E-state index is 13.0. The Morgan fingerprint density at radius 3 is 2.33 bits per heavy atom. The molecule has 0 spiro atoms. The molecule has 2 aromatic carbocycles. The lowest BCUT2D eigenvalue weighted by molar-refractivity contribution is 0.242. The van der Waals surface area contributed by atoms with Crippen LogP contribution in [0.25, 0.3) is 0 Å². The normalized spacial score (nSPS) is 25.9. The van der Waals surface area contributed by atoms with Crippen molar-refractivity contribution in [3.05, 3.63) is 64.1 Å². The predicted molar refractivity (Wildman–Crippen MR) is 91.8 cm³/mol. The number of nitriles is 1. The minimum absolute atomic E-state index is 0.0782.